The molecule has 0 aromatic heterocycles. The Kier molecular flexibility index (Phi) is 8.04. The number of amides is 1. The molecule has 204 valence electrons. The number of hydrogen-bond acceptors (Lipinski definition) is 5. The van der Waals surface area contributed by atoms with E-state index < -0.39 is 69.9 Å². The smallest absolute Gasteiger partial charge is 0.321 e. The van der Waals surface area contributed by atoms with Crippen LogP contribution in [-0.2, 0) is 14.3 Å². The Labute approximate surface area is 189 Å². The summed E-state index contributed by atoms with van der Waals surface area (Å²) in [6, 6.07) is 1.50. The molecule has 0 radical (unpaired) electrons. The molecule has 0 aliphatic heterocycles. The number of non-ortho nitro benzene ring substituents is 1. The summed E-state index contributed by atoms with van der Waals surface area (Å²) in [5.74, 6) is -20.8. The van der Waals surface area contributed by atoms with Gasteiger partial charge in [-0.1, -0.05) is 6.58 Å². The minimum atomic E-state index is -7.46. The van der Waals surface area contributed by atoms with Crippen LogP contribution in [-0.4, -0.2) is 47.1 Å². The normalized spacial score (nSPS) is 16.6. The van der Waals surface area contributed by atoms with Crippen molar-refractivity contribution in [1.82, 2.24) is 0 Å². The number of rotatable bonds is 9. The second-order valence-electron chi connectivity index (χ2n) is 6.54. The number of nitro groups is 1. The fourth-order valence-corrected chi connectivity index (χ4v) is 2.09. The summed E-state index contributed by atoms with van der Waals surface area (Å²) in [4.78, 5) is 21.4. The van der Waals surface area contributed by atoms with E-state index in [9.17, 15) is 72.0 Å². The third kappa shape index (κ3) is 5.79. The zero-order valence-corrected chi connectivity index (χ0v) is 16.8. The highest BCUT2D eigenvalue weighted by Crippen LogP contribution is 2.53. The van der Waals surface area contributed by atoms with Crippen molar-refractivity contribution in [3.63, 3.8) is 0 Å². The first-order valence-corrected chi connectivity index (χ1v) is 8.41. The van der Waals surface area contributed by atoms with E-state index in [-0.39, 0.29) is 0 Å². The van der Waals surface area contributed by atoms with Gasteiger partial charge in [0, 0.05) is 17.8 Å². The number of benzene rings is 1. The predicted molar refractivity (Wildman–Crippen MR) is 88.6 cm³/mol. The zero-order valence-electron chi connectivity index (χ0n) is 16.8. The van der Waals surface area contributed by atoms with Crippen LogP contribution in [0.2, 0.25) is 0 Å². The number of ether oxygens (including phenoxy) is 2. The molecule has 36 heavy (non-hydrogen) atoms. The molecule has 0 aliphatic rings. The van der Waals surface area contributed by atoms with Crippen LogP contribution in [0.3, 0.4) is 0 Å². The van der Waals surface area contributed by atoms with Crippen LogP contribution in [0.5, 0.6) is 0 Å². The van der Waals surface area contributed by atoms with E-state index in [1.165, 1.54) is 0 Å². The predicted octanol–water partition coefficient (Wildman–Crippen LogP) is 6.00. The summed E-state index contributed by atoms with van der Waals surface area (Å²) in [6.45, 7) is 2.52. The summed E-state index contributed by atoms with van der Waals surface area (Å²) in [5.41, 5.74) is -2.23. The standard InChI is InChI=1S/C16H9F13N2O5/c1-6-5-8(31(33)34)3-4-9(6)30-10(32)11(18,14(22,23)24)35-16(28,29)13(21,15(25,26)27)36-12(19,20)7(2)17/h3-5H,2H2,1H3,(H,30,32). The Bertz CT molecular complexity index is 1040. The first kappa shape index (κ1) is 30.9. The molecule has 0 fully saturated rings. The quantitative estimate of drug-likeness (QED) is 0.229. The molecule has 0 aliphatic carbocycles. The topological polar surface area (TPSA) is 90.7 Å². The van der Waals surface area contributed by atoms with Gasteiger partial charge in [0.25, 0.3) is 11.6 Å². The Balaban J connectivity index is 3.56. The molecule has 0 saturated heterocycles. The van der Waals surface area contributed by atoms with Crippen LogP contribution in [0.25, 0.3) is 0 Å². The van der Waals surface area contributed by atoms with E-state index in [1.807, 2.05) is 4.74 Å². The molecule has 1 aromatic rings. The maximum absolute atomic E-state index is 14.5. The van der Waals surface area contributed by atoms with Gasteiger partial charge in [0.05, 0.1) is 4.92 Å². The summed E-state index contributed by atoms with van der Waals surface area (Å²) < 4.78 is 178. The van der Waals surface area contributed by atoms with Crippen molar-refractivity contribution in [2.24, 2.45) is 0 Å². The van der Waals surface area contributed by atoms with Crippen molar-refractivity contribution >= 4 is 17.3 Å². The van der Waals surface area contributed by atoms with Gasteiger partial charge in [-0.05, 0) is 18.6 Å². The van der Waals surface area contributed by atoms with Crippen LogP contribution in [0, 0.1) is 17.0 Å². The van der Waals surface area contributed by atoms with Crippen molar-refractivity contribution in [1.29, 1.82) is 0 Å². The van der Waals surface area contributed by atoms with Gasteiger partial charge < -0.3 is 5.32 Å². The molecule has 0 saturated carbocycles. The summed E-state index contributed by atoms with van der Waals surface area (Å²) >= 11 is 0. The number of hydrogen-bond donors (Lipinski definition) is 1. The van der Waals surface area contributed by atoms with E-state index in [0.29, 0.717) is 18.2 Å². The van der Waals surface area contributed by atoms with Crippen LogP contribution in [0.15, 0.2) is 30.6 Å². The number of halogens is 13. The van der Waals surface area contributed by atoms with Crippen molar-refractivity contribution < 1.29 is 76.3 Å². The van der Waals surface area contributed by atoms with E-state index in [1.54, 1.807) is 6.58 Å². The first-order chi connectivity index (χ1) is 15.8. The number of anilines is 1. The molecular weight excluding hydrogens is 547 g/mol. The lowest BCUT2D eigenvalue weighted by molar-refractivity contribution is -0.521. The van der Waals surface area contributed by atoms with Gasteiger partial charge >= 0.3 is 36.3 Å². The van der Waals surface area contributed by atoms with Crippen molar-refractivity contribution in [2.75, 3.05) is 5.32 Å². The SMILES string of the molecule is C=C(F)C(F)(F)OC(F)(C(F)(F)F)C(F)(F)OC(F)(C(=O)Nc1ccc([N+](=O)[O-])cc1C)C(F)(F)F. The second-order valence-corrected chi connectivity index (χ2v) is 6.54. The fourth-order valence-electron chi connectivity index (χ4n) is 2.09. The van der Waals surface area contributed by atoms with Gasteiger partial charge in [0.1, 0.15) is 0 Å². The summed E-state index contributed by atoms with van der Waals surface area (Å²) in [5, 5.41) is 11.6. The molecule has 2 unspecified atom stereocenters. The molecule has 20 heteroatoms. The Morgan fingerprint density at radius 3 is 1.81 bits per heavy atom. The molecule has 1 amide bonds. The first-order valence-electron chi connectivity index (χ1n) is 8.41. The van der Waals surface area contributed by atoms with E-state index >= 15 is 0 Å². The van der Waals surface area contributed by atoms with Gasteiger partial charge in [0.15, 0.2) is 5.83 Å². The summed E-state index contributed by atoms with van der Waals surface area (Å²) in [6.07, 6.45) is -28.2. The van der Waals surface area contributed by atoms with Crippen molar-refractivity contribution in [3.05, 3.63) is 46.3 Å². The van der Waals surface area contributed by atoms with Crippen molar-refractivity contribution in [2.45, 2.75) is 43.2 Å². The zero-order chi connectivity index (χ0) is 28.7. The molecule has 7 nitrogen and oxygen atoms in total. The minimum Gasteiger partial charge on any atom is -0.321 e. The maximum Gasteiger partial charge on any atom is 0.458 e. The molecule has 2 atom stereocenters. The number of nitrogens with one attached hydrogen (secondary N) is 1. The second kappa shape index (κ2) is 9.37. The lowest BCUT2D eigenvalue weighted by atomic mass is 10.1. The maximum atomic E-state index is 14.5. The molecule has 1 aromatic carbocycles. The van der Waals surface area contributed by atoms with Gasteiger partial charge in [0.2, 0.25) is 0 Å². The van der Waals surface area contributed by atoms with Gasteiger partial charge in [-0.15, -0.1) is 0 Å². The van der Waals surface area contributed by atoms with Crippen LogP contribution in [0.4, 0.5) is 68.5 Å². The van der Waals surface area contributed by atoms with Gasteiger partial charge in [-0.25, -0.2) is 4.39 Å². The average Bonchev–Trinajstić information content (AvgIpc) is 2.66. The number of nitrogens with zero attached hydrogens (tertiary/aromatic N) is 1. The highest BCUT2D eigenvalue weighted by Gasteiger charge is 2.81. The highest BCUT2D eigenvalue weighted by molar-refractivity contribution is 5.97. The van der Waals surface area contributed by atoms with Crippen molar-refractivity contribution in [3.8, 4) is 0 Å². The summed E-state index contributed by atoms with van der Waals surface area (Å²) in [7, 11) is 0. The van der Waals surface area contributed by atoms with Gasteiger partial charge in [-0.3, -0.25) is 24.4 Å². The number of carbonyl (C=O) groups is 1. The average molecular weight is 556 g/mol. The largest absolute Gasteiger partial charge is 0.458 e. The molecule has 0 bridgehead atoms. The minimum absolute atomic E-state index is 0.436. The Morgan fingerprint density at radius 2 is 1.44 bits per heavy atom. The number of aryl methyl sites for hydroxylation is 1. The molecule has 1 rings (SSSR count). The van der Waals surface area contributed by atoms with Crippen LogP contribution in [0.1, 0.15) is 5.56 Å². The Hall–Kier alpha value is -3.16. The molecule has 1 N–H and O–H groups in total. The van der Waals surface area contributed by atoms with E-state index in [4.69, 9.17) is 0 Å². The molecule has 0 heterocycles. The van der Waals surface area contributed by atoms with Gasteiger partial charge in [-0.2, -0.15) is 52.7 Å². The number of carbonyl (C=O) groups excluding carboxylic acids is 1. The highest BCUT2D eigenvalue weighted by atomic mass is 19.4. The lowest BCUT2D eigenvalue weighted by Crippen LogP contribution is -2.66. The fraction of sp³-hybridized carbons (Fsp3) is 0.438. The molecular formula is C16H9F13N2O5. The monoisotopic (exact) mass is 556 g/mol. The Morgan fingerprint density at radius 1 is 0.944 bits per heavy atom. The van der Waals surface area contributed by atoms with E-state index in [2.05, 4.69) is 4.74 Å². The number of nitro benzene ring substituents is 1. The third-order valence-corrected chi connectivity index (χ3v) is 3.92. The van der Waals surface area contributed by atoms with Crippen LogP contribution >= 0.6 is 0 Å². The van der Waals surface area contributed by atoms with Crippen LogP contribution < -0.4 is 5.32 Å². The third-order valence-electron chi connectivity index (χ3n) is 3.92. The van der Waals surface area contributed by atoms with E-state index in [0.717, 1.165) is 12.2 Å². The molecule has 0 spiro atoms. The lowest BCUT2D eigenvalue weighted by Gasteiger charge is -2.38. The number of alkyl halides is 12.